The van der Waals surface area contributed by atoms with Crippen LogP contribution in [0.1, 0.15) is 15.9 Å². The van der Waals surface area contributed by atoms with E-state index in [0.717, 1.165) is 11.3 Å². The summed E-state index contributed by atoms with van der Waals surface area (Å²) in [5.41, 5.74) is 9.00. The van der Waals surface area contributed by atoms with Gasteiger partial charge in [0.15, 0.2) is 0 Å². The van der Waals surface area contributed by atoms with Crippen molar-refractivity contribution in [3.8, 4) is 0 Å². The van der Waals surface area contributed by atoms with Crippen LogP contribution in [-0.2, 0) is 6.54 Å². The molecule has 0 saturated carbocycles. The Balaban J connectivity index is 2.31. The smallest absolute Gasteiger partial charge is 0.253 e. The molecule has 2 rings (SSSR count). The van der Waals surface area contributed by atoms with Crippen molar-refractivity contribution in [3.05, 3.63) is 53.9 Å². The van der Waals surface area contributed by atoms with E-state index in [1.807, 2.05) is 30.1 Å². The molecule has 0 aliphatic rings. The number of hydrogen-bond acceptors (Lipinski definition) is 4. The van der Waals surface area contributed by atoms with Gasteiger partial charge < -0.3 is 16.0 Å². The average Bonchev–Trinajstić information content (AvgIpc) is 2.47. The molecule has 0 bridgehead atoms. The average molecular weight is 270 g/mol. The highest BCUT2D eigenvalue weighted by Gasteiger charge is 2.14. The van der Waals surface area contributed by atoms with Crippen molar-refractivity contribution in [2.75, 3.05) is 24.7 Å². The van der Waals surface area contributed by atoms with E-state index in [0.29, 0.717) is 17.8 Å². The molecule has 0 radical (unpaired) electrons. The Morgan fingerprint density at radius 2 is 2.00 bits per heavy atom. The number of nitrogens with one attached hydrogen (secondary N) is 1. The van der Waals surface area contributed by atoms with Crippen LogP contribution in [0.3, 0.4) is 0 Å². The molecule has 1 amide bonds. The van der Waals surface area contributed by atoms with Crippen molar-refractivity contribution in [3.63, 3.8) is 0 Å². The molecule has 1 aromatic heterocycles. The molecule has 1 aromatic carbocycles. The molecular formula is C15H18N4O. The van der Waals surface area contributed by atoms with Gasteiger partial charge in [-0.25, -0.2) is 0 Å². The molecule has 0 aliphatic carbocycles. The lowest BCUT2D eigenvalue weighted by Crippen LogP contribution is -2.24. The second-order valence-electron chi connectivity index (χ2n) is 4.57. The van der Waals surface area contributed by atoms with Crippen molar-refractivity contribution in [1.29, 1.82) is 0 Å². The van der Waals surface area contributed by atoms with Crippen LogP contribution in [0.15, 0.2) is 42.7 Å². The van der Waals surface area contributed by atoms with Gasteiger partial charge >= 0.3 is 0 Å². The lowest BCUT2D eigenvalue weighted by atomic mass is 10.1. The first-order chi connectivity index (χ1) is 9.61. The normalized spacial score (nSPS) is 10.1. The number of anilines is 2. The maximum absolute atomic E-state index is 11.9. The number of amides is 1. The number of benzene rings is 1. The van der Waals surface area contributed by atoms with Gasteiger partial charge in [-0.1, -0.05) is 0 Å². The first kappa shape index (κ1) is 13.9. The number of carbonyl (C=O) groups is 1. The van der Waals surface area contributed by atoms with Gasteiger partial charge in [0.2, 0.25) is 0 Å². The zero-order valence-electron chi connectivity index (χ0n) is 11.6. The van der Waals surface area contributed by atoms with Crippen LogP contribution in [0.4, 0.5) is 11.4 Å². The van der Waals surface area contributed by atoms with Crippen LogP contribution in [0, 0.1) is 0 Å². The monoisotopic (exact) mass is 270 g/mol. The quantitative estimate of drug-likeness (QED) is 0.829. The lowest BCUT2D eigenvalue weighted by Gasteiger charge is -2.22. The third kappa shape index (κ3) is 3.06. The van der Waals surface area contributed by atoms with Gasteiger partial charge in [0.05, 0.1) is 11.3 Å². The molecule has 1 heterocycles. The molecule has 2 aromatic rings. The van der Waals surface area contributed by atoms with Crippen molar-refractivity contribution < 1.29 is 4.79 Å². The molecule has 0 saturated heterocycles. The van der Waals surface area contributed by atoms with E-state index >= 15 is 0 Å². The molecule has 3 N–H and O–H groups in total. The van der Waals surface area contributed by atoms with E-state index in [4.69, 9.17) is 5.73 Å². The number of carbonyl (C=O) groups excluding carboxylic acids is 1. The summed E-state index contributed by atoms with van der Waals surface area (Å²) in [6.07, 6.45) is 3.50. The van der Waals surface area contributed by atoms with Gasteiger partial charge in [-0.2, -0.15) is 0 Å². The van der Waals surface area contributed by atoms with Crippen molar-refractivity contribution in [2.45, 2.75) is 6.54 Å². The maximum Gasteiger partial charge on any atom is 0.253 e. The molecule has 0 fully saturated rings. The number of nitrogens with zero attached hydrogens (tertiary/aromatic N) is 2. The van der Waals surface area contributed by atoms with E-state index in [1.165, 1.54) is 0 Å². The number of rotatable bonds is 4. The molecule has 0 spiro atoms. The SMILES string of the molecule is CNC(=O)c1ccc(N)cc1N(C)Cc1ccncc1. The van der Waals surface area contributed by atoms with Gasteiger partial charge in [-0.15, -0.1) is 0 Å². The van der Waals surface area contributed by atoms with Crippen LogP contribution < -0.4 is 16.0 Å². The summed E-state index contributed by atoms with van der Waals surface area (Å²) in [5, 5.41) is 2.64. The fourth-order valence-corrected chi connectivity index (χ4v) is 2.04. The fourth-order valence-electron chi connectivity index (χ4n) is 2.04. The Morgan fingerprint density at radius 3 is 2.65 bits per heavy atom. The minimum atomic E-state index is -0.124. The first-order valence-corrected chi connectivity index (χ1v) is 6.33. The molecule has 0 atom stereocenters. The number of hydrogen-bond donors (Lipinski definition) is 2. The highest BCUT2D eigenvalue weighted by molar-refractivity contribution is 6.00. The van der Waals surface area contributed by atoms with Crippen molar-refractivity contribution >= 4 is 17.3 Å². The van der Waals surface area contributed by atoms with Crippen LogP contribution in [-0.4, -0.2) is 25.0 Å². The van der Waals surface area contributed by atoms with E-state index in [-0.39, 0.29) is 5.91 Å². The number of pyridine rings is 1. The fraction of sp³-hybridized carbons (Fsp3) is 0.200. The van der Waals surface area contributed by atoms with Crippen LogP contribution in [0.5, 0.6) is 0 Å². The van der Waals surface area contributed by atoms with Gasteiger partial charge in [0.25, 0.3) is 5.91 Å². The molecular weight excluding hydrogens is 252 g/mol. The van der Waals surface area contributed by atoms with Crippen molar-refractivity contribution in [2.24, 2.45) is 0 Å². The van der Waals surface area contributed by atoms with E-state index in [2.05, 4.69) is 10.3 Å². The molecule has 0 aliphatic heterocycles. The minimum absolute atomic E-state index is 0.124. The van der Waals surface area contributed by atoms with E-state index in [1.54, 1.807) is 31.6 Å². The number of nitrogens with two attached hydrogens (primary N) is 1. The van der Waals surface area contributed by atoms with Crippen LogP contribution in [0.25, 0.3) is 0 Å². The second-order valence-corrected chi connectivity index (χ2v) is 4.57. The zero-order chi connectivity index (χ0) is 14.5. The topological polar surface area (TPSA) is 71.2 Å². The summed E-state index contributed by atoms with van der Waals surface area (Å²) >= 11 is 0. The minimum Gasteiger partial charge on any atom is -0.399 e. The Kier molecular flexibility index (Phi) is 4.20. The second kappa shape index (κ2) is 6.06. The van der Waals surface area contributed by atoms with Crippen LogP contribution >= 0.6 is 0 Å². The standard InChI is InChI=1S/C15H18N4O/c1-17-15(20)13-4-3-12(16)9-14(13)19(2)10-11-5-7-18-8-6-11/h3-9H,10,16H2,1-2H3,(H,17,20). The number of aromatic nitrogens is 1. The summed E-state index contributed by atoms with van der Waals surface area (Å²) in [7, 11) is 3.55. The first-order valence-electron chi connectivity index (χ1n) is 6.33. The number of nitrogen functional groups attached to an aromatic ring is 1. The largest absolute Gasteiger partial charge is 0.399 e. The third-order valence-corrected chi connectivity index (χ3v) is 3.07. The van der Waals surface area contributed by atoms with Crippen molar-refractivity contribution in [1.82, 2.24) is 10.3 Å². The Morgan fingerprint density at radius 1 is 1.30 bits per heavy atom. The van der Waals surface area contributed by atoms with Gasteiger partial charge in [-0.05, 0) is 35.9 Å². The maximum atomic E-state index is 11.9. The summed E-state index contributed by atoms with van der Waals surface area (Å²) in [4.78, 5) is 17.9. The predicted molar refractivity (Wildman–Crippen MR) is 80.6 cm³/mol. The highest BCUT2D eigenvalue weighted by atomic mass is 16.1. The molecule has 104 valence electrons. The van der Waals surface area contributed by atoms with E-state index in [9.17, 15) is 4.79 Å². The summed E-state index contributed by atoms with van der Waals surface area (Å²) in [6.45, 7) is 0.677. The van der Waals surface area contributed by atoms with Crippen LogP contribution in [0.2, 0.25) is 0 Å². The molecule has 5 nitrogen and oxygen atoms in total. The van der Waals surface area contributed by atoms with Gasteiger partial charge in [-0.3, -0.25) is 9.78 Å². The highest BCUT2D eigenvalue weighted by Crippen LogP contribution is 2.24. The Labute approximate surface area is 118 Å². The molecule has 5 heteroatoms. The molecule has 20 heavy (non-hydrogen) atoms. The summed E-state index contributed by atoms with van der Waals surface area (Å²) in [5.74, 6) is -0.124. The lowest BCUT2D eigenvalue weighted by molar-refractivity contribution is 0.0963. The summed E-state index contributed by atoms with van der Waals surface area (Å²) < 4.78 is 0. The Hall–Kier alpha value is -2.56. The predicted octanol–water partition coefficient (Wildman–Crippen LogP) is 1.66. The van der Waals surface area contributed by atoms with Gasteiger partial charge in [0, 0.05) is 38.7 Å². The summed E-state index contributed by atoms with van der Waals surface area (Å²) in [6, 6.07) is 9.18. The van der Waals surface area contributed by atoms with Gasteiger partial charge in [0.1, 0.15) is 0 Å². The zero-order valence-corrected chi connectivity index (χ0v) is 11.6. The third-order valence-electron chi connectivity index (χ3n) is 3.07. The van der Waals surface area contributed by atoms with E-state index < -0.39 is 0 Å². The molecule has 0 unspecified atom stereocenters. The Bertz CT molecular complexity index is 598.